The molecule has 142 valence electrons. The Hall–Kier alpha value is -4.07. The lowest BCUT2D eigenvalue weighted by Crippen LogP contribution is -2.24. The maximum atomic E-state index is 12.8. The van der Waals surface area contributed by atoms with E-state index in [1.54, 1.807) is 30.3 Å². The first kappa shape index (κ1) is 17.1. The van der Waals surface area contributed by atoms with Gasteiger partial charge < -0.3 is 4.74 Å². The van der Waals surface area contributed by atoms with Crippen LogP contribution in [0.2, 0.25) is 0 Å². The summed E-state index contributed by atoms with van der Waals surface area (Å²) in [6.45, 7) is 0. The molecule has 1 aromatic carbocycles. The van der Waals surface area contributed by atoms with Gasteiger partial charge in [-0.2, -0.15) is 5.10 Å². The van der Waals surface area contributed by atoms with Crippen molar-refractivity contribution in [2.24, 2.45) is 0 Å². The van der Waals surface area contributed by atoms with Gasteiger partial charge in [-0.25, -0.2) is 9.67 Å². The number of ether oxygens (including phenoxy) is 1. The molecular formula is C21H15N5O3. The third-order valence-corrected chi connectivity index (χ3v) is 5.00. The fraction of sp³-hybridized carbons (Fsp3) is 0.0952. The quantitative estimate of drug-likeness (QED) is 0.504. The van der Waals surface area contributed by atoms with E-state index in [1.807, 2.05) is 30.3 Å². The van der Waals surface area contributed by atoms with Crippen LogP contribution >= 0.6 is 0 Å². The van der Waals surface area contributed by atoms with Crippen LogP contribution in [0.5, 0.6) is 5.75 Å². The molecule has 4 aromatic rings. The molecule has 5 rings (SSSR count). The number of imide groups is 1. The summed E-state index contributed by atoms with van der Waals surface area (Å²) in [5, 5.41) is 5.27. The molecule has 8 heteroatoms. The van der Waals surface area contributed by atoms with E-state index in [1.165, 1.54) is 13.2 Å². The number of hydrogen-bond donors (Lipinski definition) is 0. The Kier molecular flexibility index (Phi) is 3.67. The number of fused-ring (bicyclic) bond motifs is 3. The smallest absolute Gasteiger partial charge is 0.262 e. The molecule has 0 fully saturated rings. The Balaban J connectivity index is 1.85. The SMILES string of the molecule is COc1ccc(-n2nc(-c3cccnc3)c3c4c(cnc32)C(=O)N(C)C4=O)cc1. The number of hydrogen-bond acceptors (Lipinski definition) is 6. The zero-order chi connectivity index (χ0) is 20.1. The van der Waals surface area contributed by atoms with Gasteiger partial charge in [0.25, 0.3) is 11.8 Å². The minimum atomic E-state index is -0.367. The van der Waals surface area contributed by atoms with Crippen molar-refractivity contribution in [1.29, 1.82) is 0 Å². The zero-order valence-corrected chi connectivity index (χ0v) is 15.7. The predicted octanol–water partition coefficient (Wildman–Crippen LogP) is 2.72. The molecule has 0 radical (unpaired) electrons. The molecule has 8 nitrogen and oxygen atoms in total. The number of methoxy groups -OCH3 is 1. The molecule has 4 heterocycles. The molecule has 1 aliphatic rings. The second-order valence-corrected chi connectivity index (χ2v) is 6.61. The number of pyridine rings is 2. The molecular weight excluding hydrogens is 370 g/mol. The molecule has 0 aliphatic carbocycles. The van der Waals surface area contributed by atoms with Crippen LogP contribution in [0.4, 0.5) is 0 Å². The van der Waals surface area contributed by atoms with Crippen LogP contribution in [0, 0.1) is 0 Å². The van der Waals surface area contributed by atoms with Crippen molar-refractivity contribution < 1.29 is 14.3 Å². The summed E-state index contributed by atoms with van der Waals surface area (Å²) in [5.74, 6) is -0.0144. The highest BCUT2D eigenvalue weighted by atomic mass is 16.5. The number of amides is 2. The lowest BCUT2D eigenvalue weighted by molar-refractivity contribution is 0.0693. The summed E-state index contributed by atoms with van der Waals surface area (Å²) in [7, 11) is 3.07. The maximum absolute atomic E-state index is 12.8. The second kappa shape index (κ2) is 6.23. The van der Waals surface area contributed by atoms with E-state index in [4.69, 9.17) is 9.84 Å². The van der Waals surface area contributed by atoms with E-state index in [9.17, 15) is 9.59 Å². The van der Waals surface area contributed by atoms with Crippen LogP contribution in [0.15, 0.2) is 55.0 Å². The van der Waals surface area contributed by atoms with E-state index in [0.29, 0.717) is 28.0 Å². The van der Waals surface area contributed by atoms with Gasteiger partial charge in [0.2, 0.25) is 0 Å². The van der Waals surface area contributed by atoms with E-state index < -0.39 is 0 Å². The minimum absolute atomic E-state index is 0.282. The number of carbonyl (C=O) groups is 2. The molecule has 2 amide bonds. The van der Waals surface area contributed by atoms with Crippen molar-refractivity contribution in [1.82, 2.24) is 24.6 Å². The number of carbonyl (C=O) groups excluding carboxylic acids is 2. The van der Waals surface area contributed by atoms with Crippen LogP contribution in [0.1, 0.15) is 20.7 Å². The Bertz CT molecular complexity index is 1280. The standard InChI is InChI=1S/C21H15N5O3/c1-25-20(27)15-11-23-19-17(16(15)21(25)28)18(12-4-3-9-22-10-12)24-26(19)13-5-7-14(29-2)8-6-13/h3-11H,1-2H3. The molecule has 0 saturated heterocycles. The summed E-state index contributed by atoms with van der Waals surface area (Å²) in [5.41, 5.74) is 3.12. The number of nitrogens with zero attached hydrogens (tertiary/aromatic N) is 5. The normalized spacial score (nSPS) is 13.2. The van der Waals surface area contributed by atoms with Gasteiger partial charge in [0, 0.05) is 31.2 Å². The molecule has 0 N–H and O–H groups in total. The van der Waals surface area contributed by atoms with Crippen molar-refractivity contribution in [3.63, 3.8) is 0 Å². The lowest BCUT2D eigenvalue weighted by Gasteiger charge is -2.05. The van der Waals surface area contributed by atoms with E-state index in [-0.39, 0.29) is 17.4 Å². The highest BCUT2D eigenvalue weighted by molar-refractivity contribution is 6.27. The van der Waals surface area contributed by atoms with Crippen molar-refractivity contribution in [2.75, 3.05) is 14.2 Å². The molecule has 0 saturated carbocycles. The van der Waals surface area contributed by atoms with Crippen molar-refractivity contribution in [3.05, 3.63) is 66.1 Å². The largest absolute Gasteiger partial charge is 0.497 e. The Morgan fingerprint density at radius 3 is 2.48 bits per heavy atom. The van der Waals surface area contributed by atoms with Crippen molar-refractivity contribution in [2.45, 2.75) is 0 Å². The van der Waals surface area contributed by atoms with Crippen LogP contribution in [-0.2, 0) is 0 Å². The molecule has 0 atom stereocenters. The molecule has 0 unspecified atom stereocenters. The first-order valence-corrected chi connectivity index (χ1v) is 8.89. The Morgan fingerprint density at radius 2 is 1.79 bits per heavy atom. The summed E-state index contributed by atoms with van der Waals surface area (Å²) in [6, 6.07) is 11.0. The fourth-order valence-electron chi connectivity index (χ4n) is 3.52. The monoisotopic (exact) mass is 385 g/mol. The molecule has 1 aliphatic heterocycles. The summed E-state index contributed by atoms with van der Waals surface area (Å²) >= 11 is 0. The van der Waals surface area contributed by atoms with E-state index in [0.717, 1.165) is 16.2 Å². The molecule has 0 bridgehead atoms. The number of rotatable bonds is 3. The molecule has 0 spiro atoms. The van der Waals surface area contributed by atoms with Gasteiger partial charge in [0.05, 0.1) is 29.3 Å². The minimum Gasteiger partial charge on any atom is -0.497 e. The molecule has 3 aromatic heterocycles. The highest BCUT2D eigenvalue weighted by Crippen LogP contribution is 2.36. The lowest BCUT2D eigenvalue weighted by atomic mass is 10.0. The third kappa shape index (κ3) is 2.42. The first-order chi connectivity index (χ1) is 14.1. The Morgan fingerprint density at radius 1 is 1.00 bits per heavy atom. The van der Waals surface area contributed by atoms with Gasteiger partial charge in [-0.3, -0.25) is 19.5 Å². The number of benzene rings is 1. The van der Waals surface area contributed by atoms with Crippen molar-refractivity contribution in [3.8, 4) is 22.7 Å². The summed E-state index contributed by atoms with van der Waals surface area (Å²) in [4.78, 5) is 35.1. The van der Waals surface area contributed by atoms with Crippen LogP contribution in [0.3, 0.4) is 0 Å². The maximum Gasteiger partial charge on any atom is 0.262 e. The van der Waals surface area contributed by atoms with Crippen LogP contribution < -0.4 is 4.74 Å². The zero-order valence-electron chi connectivity index (χ0n) is 15.7. The fourth-order valence-corrected chi connectivity index (χ4v) is 3.52. The third-order valence-electron chi connectivity index (χ3n) is 5.00. The second-order valence-electron chi connectivity index (χ2n) is 6.61. The summed E-state index contributed by atoms with van der Waals surface area (Å²) in [6.07, 6.45) is 4.78. The predicted molar refractivity (Wildman–Crippen MR) is 105 cm³/mol. The average molecular weight is 385 g/mol. The highest BCUT2D eigenvalue weighted by Gasteiger charge is 2.37. The van der Waals surface area contributed by atoms with Crippen LogP contribution in [0.25, 0.3) is 28.0 Å². The number of aromatic nitrogens is 4. The summed E-state index contributed by atoms with van der Waals surface area (Å²) < 4.78 is 6.88. The van der Waals surface area contributed by atoms with Gasteiger partial charge in [0.15, 0.2) is 5.65 Å². The molecule has 29 heavy (non-hydrogen) atoms. The van der Waals surface area contributed by atoms with Gasteiger partial charge >= 0.3 is 0 Å². The van der Waals surface area contributed by atoms with Gasteiger partial charge in [-0.15, -0.1) is 0 Å². The van der Waals surface area contributed by atoms with Gasteiger partial charge in [-0.05, 0) is 36.4 Å². The topological polar surface area (TPSA) is 90.2 Å². The van der Waals surface area contributed by atoms with Crippen molar-refractivity contribution >= 4 is 22.8 Å². The van der Waals surface area contributed by atoms with Gasteiger partial charge in [0.1, 0.15) is 11.4 Å². The van der Waals surface area contributed by atoms with E-state index >= 15 is 0 Å². The van der Waals surface area contributed by atoms with E-state index in [2.05, 4.69) is 9.97 Å². The Labute approximate surface area is 165 Å². The van der Waals surface area contributed by atoms with Gasteiger partial charge in [-0.1, -0.05) is 0 Å². The first-order valence-electron chi connectivity index (χ1n) is 8.89. The average Bonchev–Trinajstić information content (AvgIpc) is 3.26. The van der Waals surface area contributed by atoms with Crippen LogP contribution in [-0.4, -0.2) is 50.6 Å².